The quantitative estimate of drug-likeness (QED) is 0.565. The lowest BCUT2D eigenvalue weighted by Crippen LogP contribution is -2.33. The van der Waals surface area contributed by atoms with Crippen LogP contribution in [0.5, 0.6) is 0 Å². The van der Waals surface area contributed by atoms with Gasteiger partial charge in [-0.1, -0.05) is 33.6 Å². The molecule has 2 heteroatoms. The van der Waals surface area contributed by atoms with E-state index in [1.807, 2.05) is 0 Å². The van der Waals surface area contributed by atoms with E-state index in [-0.39, 0.29) is 0 Å². The van der Waals surface area contributed by atoms with Crippen molar-refractivity contribution in [3.63, 3.8) is 0 Å². The zero-order valence-corrected chi connectivity index (χ0v) is 13.5. The maximum absolute atomic E-state index is 5.67. The van der Waals surface area contributed by atoms with Crippen molar-refractivity contribution < 1.29 is 0 Å². The Kier molecular flexibility index (Phi) is 9.76. The van der Waals surface area contributed by atoms with Gasteiger partial charge in [0.1, 0.15) is 0 Å². The van der Waals surface area contributed by atoms with Crippen LogP contribution in [0, 0.1) is 5.41 Å². The van der Waals surface area contributed by atoms with E-state index in [1.165, 1.54) is 45.2 Å². The van der Waals surface area contributed by atoms with E-state index >= 15 is 0 Å². The van der Waals surface area contributed by atoms with Crippen molar-refractivity contribution in [1.29, 1.82) is 0 Å². The maximum Gasteiger partial charge on any atom is 0.00385 e. The molecular weight excluding hydrogens is 220 g/mol. The fourth-order valence-corrected chi connectivity index (χ4v) is 2.47. The average Bonchev–Trinajstić information content (AvgIpc) is 2.26. The van der Waals surface area contributed by atoms with Gasteiger partial charge in [0.25, 0.3) is 0 Å². The van der Waals surface area contributed by atoms with Gasteiger partial charge in [0.2, 0.25) is 0 Å². The van der Waals surface area contributed by atoms with Crippen molar-refractivity contribution in [3.05, 3.63) is 0 Å². The zero-order chi connectivity index (χ0) is 14.0. The normalized spacial score (nSPS) is 12.7. The van der Waals surface area contributed by atoms with E-state index in [9.17, 15) is 0 Å². The fourth-order valence-electron chi connectivity index (χ4n) is 2.47. The molecule has 2 nitrogen and oxygen atoms in total. The summed E-state index contributed by atoms with van der Waals surface area (Å²) < 4.78 is 0. The minimum atomic E-state index is 0.417. The Bertz CT molecular complexity index is 188. The van der Waals surface area contributed by atoms with Gasteiger partial charge in [0, 0.05) is 6.04 Å². The van der Waals surface area contributed by atoms with E-state index in [0.717, 1.165) is 13.0 Å². The predicted molar refractivity (Wildman–Crippen MR) is 82.9 cm³/mol. The lowest BCUT2D eigenvalue weighted by molar-refractivity contribution is 0.195. The van der Waals surface area contributed by atoms with E-state index < -0.39 is 0 Å². The van der Waals surface area contributed by atoms with Gasteiger partial charge in [-0.25, -0.2) is 0 Å². The number of rotatable bonds is 11. The summed E-state index contributed by atoms with van der Waals surface area (Å²) in [5.74, 6) is 0. The van der Waals surface area contributed by atoms with Crippen molar-refractivity contribution in [3.8, 4) is 0 Å². The van der Waals surface area contributed by atoms with Crippen LogP contribution in [0.4, 0.5) is 0 Å². The summed E-state index contributed by atoms with van der Waals surface area (Å²) in [6, 6.07) is 0.680. The standard InChI is InChI=1S/C16H36N2/c1-6-7-8-13-18(15(2)3)14-9-10-16(4,5)11-12-17/h15H,6-14,17H2,1-5H3. The van der Waals surface area contributed by atoms with Crippen molar-refractivity contribution in [2.45, 2.75) is 79.2 Å². The summed E-state index contributed by atoms with van der Waals surface area (Å²) in [7, 11) is 0. The molecule has 0 aromatic rings. The Morgan fingerprint density at radius 2 is 1.61 bits per heavy atom. The molecule has 0 aliphatic carbocycles. The van der Waals surface area contributed by atoms with Crippen LogP contribution in [0.1, 0.15) is 73.1 Å². The Morgan fingerprint density at radius 3 is 2.11 bits per heavy atom. The van der Waals surface area contributed by atoms with Crippen molar-refractivity contribution >= 4 is 0 Å². The highest BCUT2D eigenvalue weighted by molar-refractivity contribution is 4.71. The first-order chi connectivity index (χ1) is 8.43. The van der Waals surface area contributed by atoms with Gasteiger partial charge in [-0.05, 0) is 64.6 Å². The van der Waals surface area contributed by atoms with E-state index in [4.69, 9.17) is 5.73 Å². The third-order valence-corrected chi connectivity index (χ3v) is 3.90. The Balaban J connectivity index is 3.89. The fraction of sp³-hybridized carbons (Fsp3) is 1.00. The highest BCUT2D eigenvalue weighted by atomic mass is 15.1. The summed E-state index contributed by atoms with van der Waals surface area (Å²) in [5.41, 5.74) is 6.08. The van der Waals surface area contributed by atoms with Crippen LogP contribution >= 0.6 is 0 Å². The lowest BCUT2D eigenvalue weighted by atomic mass is 9.84. The second kappa shape index (κ2) is 9.80. The minimum absolute atomic E-state index is 0.417. The van der Waals surface area contributed by atoms with Gasteiger partial charge in [-0.2, -0.15) is 0 Å². The molecule has 0 saturated heterocycles. The smallest absolute Gasteiger partial charge is 0.00385 e. The molecule has 0 spiro atoms. The number of unbranched alkanes of at least 4 members (excludes halogenated alkanes) is 2. The molecule has 0 radical (unpaired) electrons. The Hall–Kier alpha value is -0.0800. The van der Waals surface area contributed by atoms with Gasteiger partial charge < -0.3 is 10.6 Å². The van der Waals surface area contributed by atoms with Gasteiger partial charge in [0.05, 0.1) is 0 Å². The predicted octanol–water partition coefficient (Wildman–Crippen LogP) is 4.04. The third kappa shape index (κ3) is 8.93. The number of hydrogen-bond donors (Lipinski definition) is 1. The average molecular weight is 256 g/mol. The zero-order valence-electron chi connectivity index (χ0n) is 13.5. The highest BCUT2D eigenvalue weighted by Crippen LogP contribution is 2.26. The first kappa shape index (κ1) is 17.9. The second-order valence-electron chi connectivity index (χ2n) is 6.64. The van der Waals surface area contributed by atoms with Gasteiger partial charge in [-0.15, -0.1) is 0 Å². The summed E-state index contributed by atoms with van der Waals surface area (Å²) >= 11 is 0. The third-order valence-electron chi connectivity index (χ3n) is 3.90. The Morgan fingerprint density at radius 1 is 1.00 bits per heavy atom. The van der Waals surface area contributed by atoms with Gasteiger partial charge >= 0.3 is 0 Å². The van der Waals surface area contributed by atoms with Crippen LogP contribution < -0.4 is 5.73 Å². The molecule has 0 fully saturated rings. The molecule has 0 rings (SSSR count). The Labute approximate surface area is 115 Å². The van der Waals surface area contributed by atoms with Gasteiger partial charge in [-0.3, -0.25) is 0 Å². The number of nitrogens with zero attached hydrogens (tertiary/aromatic N) is 1. The lowest BCUT2D eigenvalue weighted by Gasteiger charge is -2.29. The van der Waals surface area contributed by atoms with Crippen LogP contribution in [0.3, 0.4) is 0 Å². The SMILES string of the molecule is CCCCCN(CCCC(C)(C)CCN)C(C)C. The van der Waals surface area contributed by atoms with Crippen LogP contribution in [0.2, 0.25) is 0 Å². The molecule has 2 N–H and O–H groups in total. The van der Waals surface area contributed by atoms with Crippen molar-refractivity contribution in [2.24, 2.45) is 11.1 Å². The monoisotopic (exact) mass is 256 g/mol. The molecule has 0 aliphatic rings. The topological polar surface area (TPSA) is 29.3 Å². The molecule has 0 aliphatic heterocycles. The molecule has 0 aromatic carbocycles. The maximum atomic E-state index is 5.67. The highest BCUT2D eigenvalue weighted by Gasteiger charge is 2.17. The first-order valence-electron chi connectivity index (χ1n) is 7.87. The van der Waals surface area contributed by atoms with E-state index in [0.29, 0.717) is 11.5 Å². The largest absolute Gasteiger partial charge is 0.330 e. The van der Waals surface area contributed by atoms with Crippen LogP contribution in [0.25, 0.3) is 0 Å². The summed E-state index contributed by atoms with van der Waals surface area (Å²) in [6.07, 6.45) is 7.77. The van der Waals surface area contributed by atoms with Crippen LogP contribution in [0.15, 0.2) is 0 Å². The molecule has 110 valence electrons. The van der Waals surface area contributed by atoms with E-state index in [1.54, 1.807) is 0 Å². The first-order valence-corrected chi connectivity index (χ1v) is 7.87. The number of nitrogens with two attached hydrogens (primary N) is 1. The minimum Gasteiger partial charge on any atom is -0.330 e. The van der Waals surface area contributed by atoms with Crippen LogP contribution in [-0.4, -0.2) is 30.6 Å². The van der Waals surface area contributed by atoms with Crippen LogP contribution in [-0.2, 0) is 0 Å². The second-order valence-corrected chi connectivity index (χ2v) is 6.64. The van der Waals surface area contributed by atoms with E-state index in [2.05, 4.69) is 39.5 Å². The van der Waals surface area contributed by atoms with Crippen molar-refractivity contribution in [2.75, 3.05) is 19.6 Å². The summed E-state index contributed by atoms with van der Waals surface area (Å²) in [6.45, 7) is 14.9. The molecule has 18 heavy (non-hydrogen) atoms. The molecule has 0 bridgehead atoms. The molecule has 0 amide bonds. The number of hydrogen-bond acceptors (Lipinski definition) is 2. The molecule has 0 unspecified atom stereocenters. The van der Waals surface area contributed by atoms with Crippen molar-refractivity contribution in [1.82, 2.24) is 4.90 Å². The molecule has 0 saturated carbocycles. The summed E-state index contributed by atoms with van der Waals surface area (Å²) in [4.78, 5) is 2.63. The molecule has 0 aromatic heterocycles. The van der Waals surface area contributed by atoms with Gasteiger partial charge in [0.15, 0.2) is 0 Å². The molecule has 0 atom stereocenters. The summed E-state index contributed by atoms with van der Waals surface area (Å²) in [5, 5.41) is 0. The molecular formula is C16H36N2. The molecule has 0 heterocycles.